The maximum absolute atomic E-state index is 12.5. The van der Waals surface area contributed by atoms with Gasteiger partial charge in [-0.3, -0.25) is 9.59 Å². The molecule has 132 valence electrons. The van der Waals surface area contributed by atoms with Crippen LogP contribution in [-0.2, 0) is 11.2 Å². The molecule has 3 aromatic rings. The standard InChI is InChI=1S/C20H18BrN3O2/c1-2-18(25)24-17-9-4-3-6-15(17)20(26)22-11-10-13-12-23-19-14(13)7-5-8-16(19)21/h2-9,12,23H,1,10-11H2,(H,22,26)(H,24,25). The summed E-state index contributed by atoms with van der Waals surface area (Å²) in [5.74, 6) is -0.583. The summed E-state index contributed by atoms with van der Waals surface area (Å²) in [5.41, 5.74) is 3.07. The lowest BCUT2D eigenvalue weighted by Gasteiger charge is -2.10. The zero-order valence-electron chi connectivity index (χ0n) is 14.0. The first kappa shape index (κ1) is 17.9. The topological polar surface area (TPSA) is 74.0 Å². The molecule has 0 spiro atoms. The van der Waals surface area contributed by atoms with E-state index in [9.17, 15) is 9.59 Å². The van der Waals surface area contributed by atoms with E-state index in [0.717, 1.165) is 20.9 Å². The first-order valence-corrected chi connectivity index (χ1v) is 8.94. The molecule has 0 radical (unpaired) electrons. The number of carbonyl (C=O) groups excluding carboxylic acids is 2. The number of carbonyl (C=O) groups is 2. The van der Waals surface area contributed by atoms with Crippen LogP contribution in [-0.4, -0.2) is 23.3 Å². The van der Waals surface area contributed by atoms with Crippen LogP contribution in [0.5, 0.6) is 0 Å². The van der Waals surface area contributed by atoms with E-state index in [1.54, 1.807) is 24.3 Å². The summed E-state index contributed by atoms with van der Waals surface area (Å²) in [5, 5.41) is 6.69. The van der Waals surface area contributed by atoms with E-state index in [1.165, 1.54) is 6.08 Å². The van der Waals surface area contributed by atoms with E-state index in [0.29, 0.717) is 24.2 Å². The monoisotopic (exact) mass is 411 g/mol. The van der Waals surface area contributed by atoms with Gasteiger partial charge in [-0.1, -0.05) is 30.8 Å². The summed E-state index contributed by atoms with van der Waals surface area (Å²) in [6.07, 6.45) is 3.83. The van der Waals surface area contributed by atoms with Gasteiger partial charge < -0.3 is 15.6 Å². The van der Waals surface area contributed by atoms with Crippen LogP contribution < -0.4 is 10.6 Å². The van der Waals surface area contributed by atoms with E-state index in [2.05, 4.69) is 38.1 Å². The van der Waals surface area contributed by atoms with Crippen LogP contribution in [0, 0.1) is 0 Å². The Bertz CT molecular complexity index is 978. The lowest BCUT2D eigenvalue weighted by atomic mass is 10.1. The molecule has 6 heteroatoms. The van der Waals surface area contributed by atoms with E-state index in [1.807, 2.05) is 24.4 Å². The third-order valence-electron chi connectivity index (χ3n) is 4.05. The average molecular weight is 412 g/mol. The van der Waals surface area contributed by atoms with Crippen LogP contribution >= 0.6 is 15.9 Å². The Balaban J connectivity index is 1.67. The maximum atomic E-state index is 12.5. The van der Waals surface area contributed by atoms with Crippen molar-refractivity contribution in [1.29, 1.82) is 0 Å². The molecule has 0 saturated heterocycles. The van der Waals surface area contributed by atoms with Gasteiger partial charge in [0.05, 0.1) is 16.8 Å². The number of amides is 2. The van der Waals surface area contributed by atoms with E-state index < -0.39 is 0 Å². The van der Waals surface area contributed by atoms with Crippen molar-refractivity contribution in [2.45, 2.75) is 6.42 Å². The van der Waals surface area contributed by atoms with E-state index in [4.69, 9.17) is 0 Å². The summed E-state index contributed by atoms with van der Waals surface area (Å²) in [7, 11) is 0. The number of para-hydroxylation sites is 2. The number of aromatic amines is 1. The summed E-state index contributed by atoms with van der Waals surface area (Å²) in [6.45, 7) is 3.91. The lowest BCUT2D eigenvalue weighted by molar-refractivity contribution is -0.111. The quantitative estimate of drug-likeness (QED) is 0.535. The second-order valence-corrected chi connectivity index (χ2v) is 6.58. The van der Waals surface area contributed by atoms with Crippen LogP contribution in [0.15, 0.2) is 65.8 Å². The highest BCUT2D eigenvalue weighted by Gasteiger charge is 2.12. The smallest absolute Gasteiger partial charge is 0.253 e. The molecule has 0 atom stereocenters. The van der Waals surface area contributed by atoms with Crippen LogP contribution in [0.25, 0.3) is 10.9 Å². The largest absolute Gasteiger partial charge is 0.360 e. The molecular weight excluding hydrogens is 394 g/mol. The van der Waals surface area contributed by atoms with Crippen molar-refractivity contribution in [2.24, 2.45) is 0 Å². The Hall–Kier alpha value is -2.86. The van der Waals surface area contributed by atoms with Crippen molar-refractivity contribution >= 4 is 44.3 Å². The molecule has 1 aromatic heterocycles. The third kappa shape index (κ3) is 3.86. The molecule has 0 unspecified atom stereocenters. The van der Waals surface area contributed by atoms with Gasteiger partial charge in [-0.2, -0.15) is 0 Å². The molecule has 0 aliphatic rings. The van der Waals surface area contributed by atoms with Crippen molar-refractivity contribution in [3.63, 3.8) is 0 Å². The first-order valence-electron chi connectivity index (χ1n) is 8.15. The molecule has 0 aliphatic heterocycles. The van der Waals surface area contributed by atoms with Gasteiger partial charge in [-0.05, 0) is 52.2 Å². The molecule has 26 heavy (non-hydrogen) atoms. The van der Waals surface area contributed by atoms with E-state index in [-0.39, 0.29) is 11.8 Å². The number of halogens is 1. The SMILES string of the molecule is C=CC(=O)Nc1ccccc1C(=O)NCCc1c[nH]c2c(Br)cccc12. The van der Waals surface area contributed by atoms with Gasteiger partial charge in [0, 0.05) is 22.6 Å². The normalized spacial score (nSPS) is 10.5. The minimum Gasteiger partial charge on any atom is -0.360 e. The number of rotatable bonds is 6. The molecule has 5 nitrogen and oxygen atoms in total. The number of nitrogens with one attached hydrogen (secondary N) is 3. The van der Waals surface area contributed by atoms with Crippen LogP contribution in [0.2, 0.25) is 0 Å². The highest BCUT2D eigenvalue weighted by atomic mass is 79.9. The van der Waals surface area contributed by atoms with Crippen molar-refractivity contribution in [1.82, 2.24) is 10.3 Å². The van der Waals surface area contributed by atoms with Gasteiger partial charge >= 0.3 is 0 Å². The van der Waals surface area contributed by atoms with Crippen molar-refractivity contribution in [3.05, 3.63) is 76.9 Å². The number of hydrogen-bond donors (Lipinski definition) is 3. The van der Waals surface area contributed by atoms with Crippen molar-refractivity contribution < 1.29 is 9.59 Å². The molecule has 2 aromatic carbocycles. The minimum absolute atomic E-state index is 0.231. The van der Waals surface area contributed by atoms with Crippen LogP contribution in [0.4, 0.5) is 5.69 Å². The predicted molar refractivity (Wildman–Crippen MR) is 107 cm³/mol. The zero-order valence-corrected chi connectivity index (χ0v) is 15.6. The van der Waals surface area contributed by atoms with Gasteiger partial charge in [0.15, 0.2) is 0 Å². The second-order valence-electron chi connectivity index (χ2n) is 5.72. The lowest BCUT2D eigenvalue weighted by Crippen LogP contribution is -2.27. The van der Waals surface area contributed by atoms with Gasteiger partial charge in [0.1, 0.15) is 0 Å². The Morgan fingerprint density at radius 3 is 2.77 bits per heavy atom. The molecule has 0 bridgehead atoms. The van der Waals surface area contributed by atoms with Crippen molar-refractivity contribution in [2.75, 3.05) is 11.9 Å². The molecule has 0 fully saturated rings. The first-order chi connectivity index (χ1) is 12.6. The number of anilines is 1. The summed E-state index contributed by atoms with van der Waals surface area (Å²) in [6, 6.07) is 12.9. The van der Waals surface area contributed by atoms with Crippen LogP contribution in [0.1, 0.15) is 15.9 Å². The summed E-state index contributed by atoms with van der Waals surface area (Å²) < 4.78 is 1.01. The van der Waals surface area contributed by atoms with Crippen molar-refractivity contribution in [3.8, 4) is 0 Å². The molecule has 2 amide bonds. The summed E-state index contributed by atoms with van der Waals surface area (Å²) >= 11 is 3.52. The molecular formula is C20H18BrN3O2. The Kier molecular flexibility index (Phi) is 5.53. The highest BCUT2D eigenvalue weighted by molar-refractivity contribution is 9.10. The minimum atomic E-state index is -0.352. The Morgan fingerprint density at radius 1 is 1.15 bits per heavy atom. The predicted octanol–water partition coefficient (Wildman–Crippen LogP) is 4.03. The third-order valence-corrected chi connectivity index (χ3v) is 4.71. The molecule has 0 saturated carbocycles. The fourth-order valence-corrected chi connectivity index (χ4v) is 3.24. The molecule has 1 heterocycles. The fourth-order valence-electron chi connectivity index (χ4n) is 2.76. The Morgan fingerprint density at radius 2 is 1.96 bits per heavy atom. The number of benzene rings is 2. The van der Waals surface area contributed by atoms with Gasteiger partial charge in [-0.25, -0.2) is 0 Å². The van der Waals surface area contributed by atoms with Gasteiger partial charge in [0.25, 0.3) is 5.91 Å². The molecule has 3 N–H and O–H groups in total. The number of hydrogen-bond acceptors (Lipinski definition) is 2. The summed E-state index contributed by atoms with van der Waals surface area (Å²) in [4.78, 5) is 27.2. The maximum Gasteiger partial charge on any atom is 0.253 e. The highest BCUT2D eigenvalue weighted by Crippen LogP contribution is 2.25. The number of fused-ring (bicyclic) bond motifs is 1. The molecule has 3 rings (SSSR count). The zero-order chi connectivity index (χ0) is 18.5. The number of H-pyrrole nitrogens is 1. The number of aromatic nitrogens is 1. The van der Waals surface area contributed by atoms with Gasteiger partial charge in [-0.15, -0.1) is 0 Å². The van der Waals surface area contributed by atoms with Crippen LogP contribution in [0.3, 0.4) is 0 Å². The Labute approximate surface area is 159 Å². The van der Waals surface area contributed by atoms with Gasteiger partial charge in [0.2, 0.25) is 5.91 Å². The fraction of sp³-hybridized carbons (Fsp3) is 0.100. The second kappa shape index (κ2) is 8.01. The van der Waals surface area contributed by atoms with E-state index >= 15 is 0 Å². The average Bonchev–Trinajstić information content (AvgIpc) is 3.06. The molecule has 0 aliphatic carbocycles.